The molecular weight excluding hydrogens is 246 g/mol. The van der Waals surface area contributed by atoms with Gasteiger partial charge in [0, 0.05) is 18.5 Å². The summed E-state index contributed by atoms with van der Waals surface area (Å²) >= 11 is 6.03. The standard InChI is InChI=1S/C14H22ClN3/c1-4-14(6-5-7-14)9-16-12-8-11(15)17-13(18-12)10(2)3/h8,10H,4-7,9H2,1-3H3,(H,16,17,18). The van der Waals surface area contributed by atoms with Gasteiger partial charge in [-0.15, -0.1) is 0 Å². The number of anilines is 1. The summed E-state index contributed by atoms with van der Waals surface area (Å²) in [6, 6.07) is 1.81. The van der Waals surface area contributed by atoms with Crippen molar-refractivity contribution in [3.8, 4) is 0 Å². The molecule has 1 N–H and O–H groups in total. The van der Waals surface area contributed by atoms with Crippen molar-refractivity contribution in [2.24, 2.45) is 5.41 Å². The predicted octanol–water partition coefficient (Wildman–Crippen LogP) is 4.25. The molecule has 0 aromatic carbocycles. The first-order valence-electron chi connectivity index (χ1n) is 6.83. The lowest BCUT2D eigenvalue weighted by Gasteiger charge is -2.41. The molecule has 4 heteroatoms. The number of nitrogens with zero attached hydrogens (tertiary/aromatic N) is 2. The summed E-state index contributed by atoms with van der Waals surface area (Å²) in [5.41, 5.74) is 0.482. The SMILES string of the molecule is CCC1(CNc2cc(Cl)nc(C(C)C)n2)CCC1. The van der Waals surface area contributed by atoms with Crippen molar-refractivity contribution in [1.29, 1.82) is 0 Å². The second-order valence-electron chi connectivity index (χ2n) is 5.65. The third kappa shape index (κ3) is 2.94. The Morgan fingerprint density at radius 3 is 2.61 bits per heavy atom. The van der Waals surface area contributed by atoms with Gasteiger partial charge in [0.15, 0.2) is 0 Å². The maximum Gasteiger partial charge on any atom is 0.135 e. The first-order chi connectivity index (χ1) is 8.54. The van der Waals surface area contributed by atoms with E-state index in [4.69, 9.17) is 11.6 Å². The quantitative estimate of drug-likeness (QED) is 0.811. The highest BCUT2D eigenvalue weighted by Gasteiger charge is 2.34. The summed E-state index contributed by atoms with van der Waals surface area (Å²) in [6.45, 7) is 7.42. The van der Waals surface area contributed by atoms with Crippen molar-refractivity contribution in [2.75, 3.05) is 11.9 Å². The largest absolute Gasteiger partial charge is 0.369 e. The fourth-order valence-corrected chi connectivity index (χ4v) is 2.58. The van der Waals surface area contributed by atoms with Crippen LogP contribution in [0.5, 0.6) is 0 Å². The molecule has 0 unspecified atom stereocenters. The van der Waals surface area contributed by atoms with Crippen molar-refractivity contribution < 1.29 is 0 Å². The minimum absolute atomic E-state index is 0.299. The van der Waals surface area contributed by atoms with E-state index in [1.807, 2.05) is 6.07 Å². The molecule has 1 aromatic heterocycles. The van der Waals surface area contributed by atoms with Crippen molar-refractivity contribution >= 4 is 17.4 Å². The summed E-state index contributed by atoms with van der Waals surface area (Å²) in [7, 11) is 0. The van der Waals surface area contributed by atoms with Crippen LogP contribution in [-0.4, -0.2) is 16.5 Å². The molecule has 0 atom stereocenters. The van der Waals surface area contributed by atoms with Crippen LogP contribution in [0.25, 0.3) is 0 Å². The van der Waals surface area contributed by atoms with Gasteiger partial charge in [0.1, 0.15) is 16.8 Å². The minimum atomic E-state index is 0.299. The van der Waals surface area contributed by atoms with Crippen LogP contribution in [-0.2, 0) is 0 Å². The Balaban J connectivity index is 2.05. The molecule has 1 heterocycles. The fraction of sp³-hybridized carbons (Fsp3) is 0.714. The molecule has 0 saturated heterocycles. The topological polar surface area (TPSA) is 37.8 Å². The zero-order valence-corrected chi connectivity index (χ0v) is 12.2. The normalized spacial score (nSPS) is 17.6. The average molecular weight is 268 g/mol. The molecule has 0 aliphatic heterocycles. The second-order valence-corrected chi connectivity index (χ2v) is 6.04. The molecule has 1 saturated carbocycles. The number of aromatic nitrogens is 2. The van der Waals surface area contributed by atoms with E-state index in [1.165, 1.54) is 25.7 Å². The van der Waals surface area contributed by atoms with Gasteiger partial charge in [-0.3, -0.25) is 0 Å². The molecule has 100 valence electrons. The molecule has 1 fully saturated rings. The number of hydrogen-bond donors (Lipinski definition) is 1. The maximum absolute atomic E-state index is 6.03. The number of nitrogens with one attached hydrogen (secondary N) is 1. The molecule has 0 amide bonds. The van der Waals surface area contributed by atoms with E-state index in [0.717, 1.165) is 18.2 Å². The molecule has 1 aliphatic carbocycles. The smallest absolute Gasteiger partial charge is 0.135 e. The number of halogens is 1. The Morgan fingerprint density at radius 2 is 2.11 bits per heavy atom. The van der Waals surface area contributed by atoms with Gasteiger partial charge in [-0.1, -0.05) is 38.8 Å². The molecule has 3 nitrogen and oxygen atoms in total. The van der Waals surface area contributed by atoms with Crippen LogP contribution >= 0.6 is 11.6 Å². The zero-order valence-electron chi connectivity index (χ0n) is 11.5. The molecule has 18 heavy (non-hydrogen) atoms. The molecule has 1 aromatic rings. The summed E-state index contributed by atoms with van der Waals surface area (Å²) in [6.07, 6.45) is 5.24. The Labute approximate surface area is 114 Å². The van der Waals surface area contributed by atoms with Gasteiger partial charge in [-0.2, -0.15) is 0 Å². The van der Waals surface area contributed by atoms with Crippen molar-refractivity contribution in [3.05, 3.63) is 17.0 Å². The monoisotopic (exact) mass is 267 g/mol. The van der Waals surface area contributed by atoms with Gasteiger partial charge >= 0.3 is 0 Å². The Morgan fingerprint density at radius 1 is 1.39 bits per heavy atom. The fourth-order valence-electron chi connectivity index (χ4n) is 2.39. The van der Waals surface area contributed by atoms with E-state index >= 15 is 0 Å². The first-order valence-corrected chi connectivity index (χ1v) is 7.21. The zero-order chi connectivity index (χ0) is 13.2. The Hall–Kier alpha value is -0.830. The van der Waals surface area contributed by atoms with Crippen LogP contribution in [0.1, 0.15) is 58.2 Å². The number of hydrogen-bond acceptors (Lipinski definition) is 3. The molecule has 0 bridgehead atoms. The van der Waals surface area contributed by atoms with Crippen LogP contribution in [0, 0.1) is 5.41 Å². The van der Waals surface area contributed by atoms with Crippen molar-refractivity contribution in [3.63, 3.8) is 0 Å². The summed E-state index contributed by atoms with van der Waals surface area (Å²) < 4.78 is 0. The van der Waals surface area contributed by atoms with Crippen molar-refractivity contribution in [2.45, 2.75) is 52.4 Å². The predicted molar refractivity (Wildman–Crippen MR) is 76.2 cm³/mol. The third-order valence-corrected chi connectivity index (χ3v) is 4.23. The van der Waals surface area contributed by atoms with Crippen molar-refractivity contribution in [1.82, 2.24) is 9.97 Å². The number of rotatable bonds is 5. The van der Waals surface area contributed by atoms with E-state index < -0.39 is 0 Å². The van der Waals surface area contributed by atoms with Crippen LogP contribution in [0.3, 0.4) is 0 Å². The first kappa shape index (κ1) is 13.6. The van der Waals surface area contributed by atoms with Gasteiger partial charge in [0.05, 0.1) is 0 Å². The Kier molecular flexibility index (Phi) is 4.10. The Bertz CT molecular complexity index is 408. The van der Waals surface area contributed by atoms with Gasteiger partial charge in [-0.25, -0.2) is 9.97 Å². The molecule has 0 spiro atoms. The molecule has 0 radical (unpaired) electrons. The van der Waals surface area contributed by atoms with Crippen LogP contribution in [0.15, 0.2) is 6.07 Å². The van der Waals surface area contributed by atoms with E-state index in [-0.39, 0.29) is 0 Å². The second kappa shape index (κ2) is 5.43. The maximum atomic E-state index is 6.03. The van der Waals surface area contributed by atoms with Gasteiger partial charge < -0.3 is 5.32 Å². The third-order valence-electron chi connectivity index (χ3n) is 4.04. The highest BCUT2D eigenvalue weighted by molar-refractivity contribution is 6.29. The van der Waals surface area contributed by atoms with E-state index in [1.54, 1.807) is 0 Å². The lowest BCUT2D eigenvalue weighted by Crippen LogP contribution is -2.36. The molecule has 2 rings (SSSR count). The minimum Gasteiger partial charge on any atom is -0.369 e. The van der Waals surface area contributed by atoms with E-state index in [0.29, 0.717) is 16.5 Å². The summed E-state index contributed by atoms with van der Waals surface area (Å²) in [4.78, 5) is 8.77. The lowest BCUT2D eigenvalue weighted by atomic mass is 9.67. The summed E-state index contributed by atoms with van der Waals surface area (Å²) in [5.74, 6) is 1.97. The summed E-state index contributed by atoms with van der Waals surface area (Å²) in [5, 5.41) is 3.96. The van der Waals surface area contributed by atoms with Crippen LogP contribution in [0.4, 0.5) is 5.82 Å². The molecular formula is C14H22ClN3. The highest BCUT2D eigenvalue weighted by Crippen LogP contribution is 2.43. The molecule has 1 aliphatic rings. The van der Waals surface area contributed by atoms with Gasteiger partial charge in [0.25, 0.3) is 0 Å². The van der Waals surface area contributed by atoms with Crippen LogP contribution in [0.2, 0.25) is 5.15 Å². The van der Waals surface area contributed by atoms with Gasteiger partial charge in [0.2, 0.25) is 0 Å². The van der Waals surface area contributed by atoms with E-state index in [2.05, 4.69) is 36.1 Å². The average Bonchev–Trinajstić information content (AvgIpc) is 2.27. The highest BCUT2D eigenvalue weighted by atomic mass is 35.5. The van der Waals surface area contributed by atoms with E-state index in [9.17, 15) is 0 Å². The van der Waals surface area contributed by atoms with Gasteiger partial charge in [-0.05, 0) is 24.7 Å². The lowest BCUT2D eigenvalue weighted by molar-refractivity contribution is 0.145. The van der Waals surface area contributed by atoms with Crippen LogP contribution < -0.4 is 5.32 Å².